The minimum absolute atomic E-state index is 0.0103. The Kier molecular flexibility index (Phi) is 9.08. The summed E-state index contributed by atoms with van der Waals surface area (Å²) in [5, 5.41) is 12.7. The lowest BCUT2D eigenvalue weighted by molar-refractivity contribution is -0.121. The number of methoxy groups -OCH3 is 2. The Hall–Kier alpha value is -4.82. The standard InChI is InChI=1S/C35H38FN7O7S/c1-40(25-20-50-21-25)23-10-13-41(14-11-23)24-18-42(19-24)34(45)39-35(27-5-4-12-38-32(27)49-3)28-15-22(17-37)6-8-30(28)43(33(35)44)51(46,47)31-9-7-26(48-2)16-29(31)36/h4-9,12,15-16,23-25H,10-11,13-14,18-21H2,1-3H3,(H,39,45). The molecule has 0 spiro atoms. The maximum absolute atomic E-state index is 15.4. The fraction of sp³-hybridized carbons (Fsp3) is 0.429. The molecule has 1 unspecified atom stereocenters. The van der Waals surface area contributed by atoms with E-state index in [-0.39, 0.29) is 40.0 Å². The van der Waals surface area contributed by atoms with Gasteiger partial charge in [-0.05, 0) is 62.4 Å². The molecule has 3 amide bonds. The van der Waals surface area contributed by atoms with Crippen LogP contribution in [-0.4, -0.2) is 119 Å². The van der Waals surface area contributed by atoms with E-state index in [4.69, 9.17) is 14.2 Å². The van der Waals surface area contributed by atoms with Crippen molar-refractivity contribution in [3.05, 3.63) is 77.2 Å². The molecule has 3 saturated heterocycles. The number of nitrogens with zero attached hydrogens (tertiary/aromatic N) is 6. The summed E-state index contributed by atoms with van der Waals surface area (Å²) >= 11 is 0. The van der Waals surface area contributed by atoms with Gasteiger partial charge in [-0.1, -0.05) is 0 Å². The first-order valence-corrected chi connectivity index (χ1v) is 18.1. The summed E-state index contributed by atoms with van der Waals surface area (Å²) in [7, 11) is -0.146. The molecule has 16 heteroatoms. The average molecular weight is 720 g/mol. The van der Waals surface area contributed by atoms with Crippen molar-refractivity contribution in [3.63, 3.8) is 0 Å². The van der Waals surface area contributed by atoms with Gasteiger partial charge in [0.05, 0.1) is 56.4 Å². The lowest BCUT2D eigenvalue weighted by atomic mass is 9.83. The van der Waals surface area contributed by atoms with Crippen molar-refractivity contribution in [1.29, 1.82) is 5.26 Å². The number of aromatic nitrogens is 1. The number of amides is 3. The Labute approximate surface area is 295 Å². The summed E-state index contributed by atoms with van der Waals surface area (Å²) in [6, 6.07) is 12.6. The van der Waals surface area contributed by atoms with E-state index in [0.717, 1.165) is 51.3 Å². The Balaban J connectivity index is 1.21. The predicted molar refractivity (Wildman–Crippen MR) is 181 cm³/mol. The Morgan fingerprint density at radius 2 is 1.82 bits per heavy atom. The number of urea groups is 1. The topological polar surface area (TPSA) is 158 Å². The van der Waals surface area contributed by atoms with Crippen LogP contribution in [0.4, 0.5) is 14.9 Å². The van der Waals surface area contributed by atoms with Gasteiger partial charge in [-0.2, -0.15) is 9.57 Å². The molecule has 0 radical (unpaired) electrons. The molecule has 2 aromatic carbocycles. The average Bonchev–Trinajstić information content (AvgIpc) is 3.34. The first kappa shape index (κ1) is 34.6. The number of likely N-dealkylation sites (tertiary alicyclic amines) is 2. The summed E-state index contributed by atoms with van der Waals surface area (Å²) in [6.07, 6.45) is 3.43. The van der Waals surface area contributed by atoms with Crippen LogP contribution >= 0.6 is 0 Å². The SMILES string of the molecule is COc1ccc(S(=O)(=O)N2C(=O)C(NC(=O)N3CC(N4CCC(N(C)C5COC5)CC4)C3)(c3cccnc3OC)c3cc(C#N)ccc32)c(F)c1. The number of nitrogens with one attached hydrogen (secondary N) is 1. The van der Waals surface area contributed by atoms with Crippen molar-refractivity contribution in [3.8, 4) is 17.7 Å². The highest BCUT2D eigenvalue weighted by Crippen LogP contribution is 2.49. The third kappa shape index (κ3) is 5.74. The van der Waals surface area contributed by atoms with Crippen LogP contribution in [-0.2, 0) is 25.1 Å². The first-order valence-electron chi connectivity index (χ1n) is 16.6. The summed E-state index contributed by atoms with van der Waals surface area (Å²) < 4.78 is 60.3. The fourth-order valence-corrected chi connectivity index (χ4v) is 8.92. The third-order valence-electron chi connectivity index (χ3n) is 10.5. The molecule has 0 bridgehead atoms. The van der Waals surface area contributed by atoms with Crippen LogP contribution in [0, 0.1) is 17.1 Å². The summed E-state index contributed by atoms with van der Waals surface area (Å²) in [5.41, 5.74) is -2.27. The van der Waals surface area contributed by atoms with Crippen LogP contribution in [0.25, 0.3) is 0 Å². The van der Waals surface area contributed by atoms with Crippen molar-refractivity contribution >= 4 is 27.6 Å². The number of halogens is 1. The van der Waals surface area contributed by atoms with Gasteiger partial charge >= 0.3 is 6.03 Å². The van der Waals surface area contributed by atoms with Gasteiger partial charge in [0.2, 0.25) is 5.88 Å². The summed E-state index contributed by atoms with van der Waals surface area (Å²) in [6.45, 7) is 4.09. The van der Waals surface area contributed by atoms with Gasteiger partial charge in [-0.3, -0.25) is 14.6 Å². The molecule has 5 heterocycles. The van der Waals surface area contributed by atoms with Gasteiger partial charge in [0.1, 0.15) is 16.5 Å². The molecule has 3 fully saturated rings. The molecule has 1 N–H and O–H groups in total. The van der Waals surface area contributed by atoms with Crippen LogP contribution in [0.5, 0.6) is 11.6 Å². The number of piperidine rings is 1. The second kappa shape index (κ2) is 13.4. The van der Waals surface area contributed by atoms with Crippen LogP contribution in [0.3, 0.4) is 0 Å². The molecule has 1 aromatic heterocycles. The number of carbonyl (C=O) groups is 2. The van der Waals surface area contributed by atoms with Crippen molar-refractivity contribution in [2.45, 2.75) is 41.4 Å². The maximum atomic E-state index is 15.4. The number of carbonyl (C=O) groups excluding carboxylic acids is 2. The lowest BCUT2D eigenvalue weighted by Gasteiger charge is -2.50. The van der Waals surface area contributed by atoms with Crippen molar-refractivity contribution in [2.24, 2.45) is 0 Å². The molecule has 4 aliphatic rings. The zero-order valence-corrected chi connectivity index (χ0v) is 29.2. The minimum atomic E-state index is -4.93. The molecule has 14 nitrogen and oxygen atoms in total. The van der Waals surface area contributed by atoms with Crippen molar-refractivity contribution < 1.29 is 36.6 Å². The highest BCUT2D eigenvalue weighted by atomic mass is 32.2. The number of pyridine rings is 1. The number of fused-ring (bicyclic) bond motifs is 1. The van der Waals surface area contributed by atoms with Crippen molar-refractivity contribution in [1.82, 2.24) is 25.0 Å². The Morgan fingerprint density at radius 1 is 1.08 bits per heavy atom. The first-order chi connectivity index (χ1) is 24.5. The molecule has 0 saturated carbocycles. The van der Waals surface area contributed by atoms with E-state index in [1.807, 2.05) is 6.07 Å². The predicted octanol–water partition coefficient (Wildman–Crippen LogP) is 2.28. The van der Waals surface area contributed by atoms with E-state index in [1.54, 1.807) is 4.90 Å². The minimum Gasteiger partial charge on any atom is -0.497 e. The number of likely N-dealkylation sites (N-methyl/N-ethyl adjacent to an activating group) is 1. The van der Waals surface area contributed by atoms with E-state index in [1.165, 1.54) is 56.8 Å². The number of sulfonamides is 1. The Morgan fingerprint density at radius 3 is 2.45 bits per heavy atom. The molecular weight excluding hydrogens is 681 g/mol. The molecule has 7 rings (SSSR count). The zero-order valence-electron chi connectivity index (χ0n) is 28.4. The van der Waals surface area contributed by atoms with Crippen LogP contribution in [0.2, 0.25) is 0 Å². The quantitative estimate of drug-likeness (QED) is 0.346. The van der Waals surface area contributed by atoms with Gasteiger partial charge in [0, 0.05) is 56.1 Å². The molecule has 3 aromatic rings. The highest BCUT2D eigenvalue weighted by Gasteiger charge is 2.59. The molecule has 51 heavy (non-hydrogen) atoms. The lowest BCUT2D eigenvalue weighted by Crippen LogP contribution is -2.67. The van der Waals surface area contributed by atoms with Gasteiger partial charge in [0.15, 0.2) is 5.54 Å². The second-order valence-electron chi connectivity index (χ2n) is 13.1. The number of rotatable bonds is 9. The van der Waals surface area contributed by atoms with E-state index in [0.29, 0.717) is 29.5 Å². The smallest absolute Gasteiger partial charge is 0.318 e. The van der Waals surface area contributed by atoms with Crippen LogP contribution in [0.15, 0.2) is 59.6 Å². The van der Waals surface area contributed by atoms with Gasteiger partial charge in [-0.15, -0.1) is 0 Å². The van der Waals surface area contributed by atoms with Crippen molar-refractivity contribution in [2.75, 3.05) is 65.0 Å². The zero-order chi connectivity index (χ0) is 36.1. The largest absolute Gasteiger partial charge is 0.497 e. The van der Waals surface area contributed by atoms with Gasteiger partial charge < -0.3 is 24.4 Å². The van der Waals surface area contributed by atoms with E-state index in [9.17, 15) is 23.3 Å². The van der Waals surface area contributed by atoms with E-state index < -0.39 is 38.2 Å². The van der Waals surface area contributed by atoms with E-state index in [2.05, 4.69) is 27.1 Å². The summed E-state index contributed by atoms with van der Waals surface area (Å²) in [4.78, 5) is 38.9. The number of nitriles is 1. The van der Waals surface area contributed by atoms with Crippen LogP contribution in [0.1, 0.15) is 29.5 Å². The number of hydrogen-bond acceptors (Lipinski definition) is 11. The van der Waals surface area contributed by atoms with E-state index >= 15 is 4.39 Å². The number of anilines is 1. The number of benzene rings is 2. The maximum Gasteiger partial charge on any atom is 0.318 e. The highest BCUT2D eigenvalue weighted by molar-refractivity contribution is 7.93. The van der Waals surface area contributed by atoms with Gasteiger partial charge in [0.25, 0.3) is 15.9 Å². The second-order valence-corrected chi connectivity index (χ2v) is 14.9. The molecule has 0 aliphatic carbocycles. The monoisotopic (exact) mass is 719 g/mol. The molecule has 1 atom stereocenters. The normalized spacial score (nSPS) is 21.5. The third-order valence-corrected chi connectivity index (χ3v) is 12.2. The summed E-state index contributed by atoms with van der Waals surface area (Å²) in [5.74, 6) is -2.25. The Bertz CT molecular complexity index is 2010. The number of ether oxygens (including phenoxy) is 3. The van der Waals surface area contributed by atoms with Crippen LogP contribution < -0.4 is 19.1 Å². The fourth-order valence-electron chi connectivity index (χ4n) is 7.41. The number of hydrogen-bond donors (Lipinski definition) is 1. The van der Waals surface area contributed by atoms with Gasteiger partial charge in [-0.25, -0.2) is 22.6 Å². The molecule has 268 valence electrons. The molecular formula is C35H38FN7O7S. The molecule has 4 aliphatic heterocycles.